The summed E-state index contributed by atoms with van der Waals surface area (Å²) in [6.45, 7) is 14.8. The molecule has 174 valence electrons. The minimum atomic E-state index is -0.0478. The summed E-state index contributed by atoms with van der Waals surface area (Å²) in [5.74, 6) is 0. The zero-order valence-corrected chi connectivity index (χ0v) is 21.2. The van der Waals surface area contributed by atoms with E-state index < -0.39 is 0 Å². The van der Waals surface area contributed by atoms with Crippen molar-refractivity contribution in [3.8, 4) is 22.3 Å². The van der Waals surface area contributed by atoms with Crippen molar-refractivity contribution >= 4 is 27.1 Å². The highest BCUT2D eigenvalue weighted by atomic mass is 14.4. The molecule has 0 aliphatic heterocycles. The molecule has 0 amide bonds. The SMILES string of the molecule is C=C/C=C(\C=C)c1ccc2ccc(-c3cc4c(c5ccccc35)-c3ccc(C)cc3C4(C)C)cc2c1. The lowest BCUT2D eigenvalue weighted by Gasteiger charge is -2.23. The highest BCUT2D eigenvalue weighted by Crippen LogP contribution is 2.53. The summed E-state index contributed by atoms with van der Waals surface area (Å²) in [5.41, 5.74) is 11.6. The molecule has 0 bridgehead atoms. The summed E-state index contributed by atoms with van der Waals surface area (Å²) in [7, 11) is 0. The van der Waals surface area contributed by atoms with E-state index in [1.807, 2.05) is 18.2 Å². The highest BCUT2D eigenvalue weighted by Gasteiger charge is 2.37. The number of benzene rings is 5. The average molecular weight is 463 g/mol. The molecule has 6 rings (SSSR count). The Hall–Kier alpha value is -4.16. The van der Waals surface area contributed by atoms with Crippen LogP contribution in [0.15, 0.2) is 116 Å². The first kappa shape index (κ1) is 22.3. The van der Waals surface area contributed by atoms with Crippen LogP contribution in [0, 0.1) is 6.92 Å². The first-order valence-electron chi connectivity index (χ1n) is 12.6. The van der Waals surface area contributed by atoms with E-state index in [-0.39, 0.29) is 5.41 Å². The number of hydrogen-bond acceptors (Lipinski definition) is 0. The van der Waals surface area contributed by atoms with E-state index in [2.05, 4.69) is 119 Å². The van der Waals surface area contributed by atoms with Crippen molar-refractivity contribution in [2.75, 3.05) is 0 Å². The molecule has 0 heteroatoms. The van der Waals surface area contributed by atoms with Crippen molar-refractivity contribution in [1.82, 2.24) is 0 Å². The lowest BCUT2D eigenvalue weighted by molar-refractivity contribution is 0.660. The summed E-state index contributed by atoms with van der Waals surface area (Å²) in [6, 6.07) is 31.7. The molecular weight excluding hydrogens is 432 g/mol. The fourth-order valence-corrected chi connectivity index (χ4v) is 5.94. The normalized spacial score (nSPS) is 14.0. The van der Waals surface area contributed by atoms with Crippen molar-refractivity contribution in [2.24, 2.45) is 0 Å². The Morgan fingerprint density at radius 2 is 1.50 bits per heavy atom. The molecule has 5 aromatic carbocycles. The molecule has 0 unspecified atom stereocenters. The van der Waals surface area contributed by atoms with E-state index in [1.165, 1.54) is 60.5 Å². The molecule has 1 aliphatic rings. The quantitative estimate of drug-likeness (QED) is 0.233. The Kier molecular flexibility index (Phi) is 5.09. The predicted molar refractivity (Wildman–Crippen MR) is 158 cm³/mol. The van der Waals surface area contributed by atoms with Gasteiger partial charge in [0.2, 0.25) is 0 Å². The fourth-order valence-electron chi connectivity index (χ4n) is 5.94. The van der Waals surface area contributed by atoms with E-state index in [4.69, 9.17) is 0 Å². The molecule has 5 aromatic rings. The largest absolute Gasteiger partial charge is 0.0990 e. The molecule has 0 saturated heterocycles. The summed E-state index contributed by atoms with van der Waals surface area (Å²) in [4.78, 5) is 0. The third-order valence-electron chi connectivity index (χ3n) is 7.84. The van der Waals surface area contributed by atoms with Crippen LogP contribution in [-0.2, 0) is 5.41 Å². The minimum absolute atomic E-state index is 0.0478. The van der Waals surface area contributed by atoms with Gasteiger partial charge in [-0.15, -0.1) is 0 Å². The number of rotatable bonds is 4. The number of aryl methyl sites for hydroxylation is 1. The number of allylic oxidation sites excluding steroid dienone is 4. The maximum Gasteiger partial charge on any atom is 0.0159 e. The van der Waals surface area contributed by atoms with Crippen LogP contribution >= 0.6 is 0 Å². The van der Waals surface area contributed by atoms with Gasteiger partial charge in [0.25, 0.3) is 0 Å². The van der Waals surface area contributed by atoms with Gasteiger partial charge in [-0.3, -0.25) is 0 Å². The van der Waals surface area contributed by atoms with Crippen LogP contribution in [-0.4, -0.2) is 0 Å². The Morgan fingerprint density at radius 1 is 0.722 bits per heavy atom. The Bertz CT molecular complexity index is 1740. The van der Waals surface area contributed by atoms with Crippen molar-refractivity contribution in [3.63, 3.8) is 0 Å². The van der Waals surface area contributed by atoms with Gasteiger partial charge >= 0.3 is 0 Å². The zero-order chi connectivity index (χ0) is 25.0. The molecule has 0 saturated carbocycles. The second-order valence-electron chi connectivity index (χ2n) is 10.4. The Labute approximate surface area is 213 Å². The van der Waals surface area contributed by atoms with Gasteiger partial charge in [-0.2, -0.15) is 0 Å². The van der Waals surface area contributed by atoms with Gasteiger partial charge in [0.15, 0.2) is 0 Å². The first-order valence-corrected chi connectivity index (χ1v) is 12.6. The smallest absolute Gasteiger partial charge is 0.0159 e. The molecule has 0 spiro atoms. The fraction of sp³-hybridized carbons (Fsp3) is 0.111. The highest BCUT2D eigenvalue weighted by molar-refractivity contribution is 6.09. The van der Waals surface area contributed by atoms with E-state index >= 15 is 0 Å². The lowest BCUT2D eigenvalue weighted by atomic mass is 9.80. The van der Waals surface area contributed by atoms with Gasteiger partial charge in [0.05, 0.1) is 0 Å². The number of hydrogen-bond donors (Lipinski definition) is 0. The van der Waals surface area contributed by atoms with E-state index in [1.54, 1.807) is 0 Å². The maximum atomic E-state index is 3.99. The van der Waals surface area contributed by atoms with Gasteiger partial charge < -0.3 is 0 Å². The predicted octanol–water partition coefficient (Wildman–Crippen LogP) is 10.0. The van der Waals surface area contributed by atoms with E-state index in [9.17, 15) is 0 Å². The van der Waals surface area contributed by atoms with Gasteiger partial charge in [-0.05, 0) is 91.2 Å². The van der Waals surface area contributed by atoms with Crippen LogP contribution in [0.3, 0.4) is 0 Å². The molecule has 0 radical (unpaired) electrons. The van der Waals surface area contributed by atoms with Crippen molar-refractivity contribution in [1.29, 1.82) is 0 Å². The van der Waals surface area contributed by atoms with Crippen LogP contribution in [0.1, 0.15) is 36.1 Å². The van der Waals surface area contributed by atoms with Crippen molar-refractivity contribution < 1.29 is 0 Å². The standard InChI is InChI=1S/C36H30/c1-6-10-24(7-2)26-16-14-25-15-17-27(21-28(25)20-26)32-22-34-35(30-12-9-8-11-29(30)32)31-18-13-23(3)19-33(31)36(34,4)5/h6-22H,1-2H2,3-5H3/b24-10+. The van der Waals surface area contributed by atoms with Gasteiger partial charge in [0, 0.05) is 5.41 Å². The van der Waals surface area contributed by atoms with Crippen LogP contribution < -0.4 is 0 Å². The third kappa shape index (κ3) is 3.29. The summed E-state index contributed by atoms with van der Waals surface area (Å²) >= 11 is 0. The van der Waals surface area contributed by atoms with Crippen LogP contribution in [0.25, 0.3) is 49.4 Å². The second kappa shape index (κ2) is 8.21. The maximum absolute atomic E-state index is 3.99. The van der Waals surface area contributed by atoms with Gasteiger partial charge in [-0.1, -0.05) is 118 Å². The molecule has 0 fully saturated rings. The third-order valence-corrected chi connectivity index (χ3v) is 7.84. The topological polar surface area (TPSA) is 0 Å². The van der Waals surface area contributed by atoms with Crippen LogP contribution in [0.2, 0.25) is 0 Å². The molecule has 0 nitrogen and oxygen atoms in total. The van der Waals surface area contributed by atoms with Gasteiger partial charge in [-0.25, -0.2) is 0 Å². The van der Waals surface area contributed by atoms with Gasteiger partial charge in [0.1, 0.15) is 0 Å². The van der Waals surface area contributed by atoms with Crippen molar-refractivity contribution in [2.45, 2.75) is 26.2 Å². The zero-order valence-electron chi connectivity index (χ0n) is 21.2. The second-order valence-corrected chi connectivity index (χ2v) is 10.4. The molecule has 0 N–H and O–H groups in total. The lowest BCUT2D eigenvalue weighted by Crippen LogP contribution is -2.15. The Morgan fingerprint density at radius 3 is 2.28 bits per heavy atom. The van der Waals surface area contributed by atoms with Crippen LogP contribution in [0.5, 0.6) is 0 Å². The summed E-state index contributed by atoms with van der Waals surface area (Å²) in [5, 5.41) is 5.09. The number of fused-ring (bicyclic) bond motifs is 6. The molecule has 0 aromatic heterocycles. The molecular formula is C36H30. The van der Waals surface area contributed by atoms with E-state index in [0.717, 1.165) is 11.1 Å². The summed E-state index contributed by atoms with van der Waals surface area (Å²) < 4.78 is 0. The molecule has 1 aliphatic carbocycles. The molecule has 0 heterocycles. The average Bonchev–Trinajstić information content (AvgIpc) is 3.12. The summed E-state index contributed by atoms with van der Waals surface area (Å²) in [6.07, 6.45) is 5.71. The monoisotopic (exact) mass is 462 g/mol. The molecule has 0 atom stereocenters. The molecule has 36 heavy (non-hydrogen) atoms. The first-order chi connectivity index (χ1) is 17.4. The van der Waals surface area contributed by atoms with Crippen molar-refractivity contribution in [3.05, 3.63) is 139 Å². The van der Waals surface area contributed by atoms with Crippen LogP contribution in [0.4, 0.5) is 0 Å². The Balaban J connectivity index is 1.61. The minimum Gasteiger partial charge on any atom is -0.0990 e. The van der Waals surface area contributed by atoms with E-state index in [0.29, 0.717) is 0 Å².